The molecule has 0 saturated carbocycles. The van der Waals surface area contributed by atoms with Crippen LogP contribution in [-0.4, -0.2) is 29.3 Å². The first-order chi connectivity index (χ1) is 17.5. The predicted octanol–water partition coefficient (Wildman–Crippen LogP) is 7.80. The second-order valence-corrected chi connectivity index (χ2v) is 9.31. The van der Waals surface area contributed by atoms with Crippen molar-refractivity contribution in [1.82, 2.24) is 9.97 Å². The van der Waals surface area contributed by atoms with Crippen molar-refractivity contribution in [1.29, 1.82) is 0 Å². The van der Waals surface area contributed by atoms with E-state index in [1.54, 1.807) is 20.4 Å². The maximum Gasteiger partial charge on any atom is 0.119 e. The van der Waals surface area contributed by atoms with Crippen LogP contribution in [0.4, 0.5) is 0 Å². The van der Waals surface area contributed by atoms with Gasteiger partial charge < -0.3 is 14.6 Å². The van der Waals surface area contributed by atoms with E-state index in [1.165, 1.54) is 0 Å². The van der Waals surface area contributed by atoms with E-state index < -0.39 is 6.10 Å². The van der Waals surface area contributed by atoms with Crippen LogP contribution in [0.15, 0.2) is 85.2 Å². The molecule has 2 heterocycles. The molecule has 1 N–H and O–H groups in total. The first-order valence-electron chi connectivity index (χ1n) is 12.0. The quantitative estimate of drug-likeness (QED) is 0.227. The summed E-state index contributed by atoms with van der Waals surface area (Å²) < 4.78 is 10.4. The fraction of sp³-hybridized carbons (Fsp3) is 0.267. The topological polar surface area (TPSA) is 64.5 Å². The summed E-state index contributed by atoms with van der Waals surface area (Å²) in [5, 5.41) is 9.69. The normalized spacial score (nSPS) is 12.2. The van der Waals surface area contributed by atoms with Gasteiger partial charge in [-0.1, -0.05) is 66.2 Å². The number of alkyl halides is 1. The zero-order chi connectivity index (χ0) is 25.9. The second kappa shape index (κ2) is 13.8. The zero-order valence-electron chi connectivity index (χ0n) is 21.2. The molecule has 6 heteroatoms. The van der Waals surface area contributed by atoms with Gasteiger partial charge in [0.25, 0.3) is 0 Å². The molecule has 0 bridgehead atoms. The van der Waals surface area contributed by atoms with Crippen molar-refractivity contribution < 1.29 is 14.6 Å². The molecule has 36 heavy (non-hydrogen) atoms. The van der Waals surface area contributed by atoms with Gasteiger partial charge in [0, 0.05) is 23.5 Å². The van der Waals surface area contributed by atoms with E-state index >= 15 is 0 Å². The standard InChI is InChI=1S/C15H16BrNO.C15H17NO2/c1-3-14(16)15-8-7-12(10-17-15)11-5-4-6-13(9-11)18-2;1-3-15(17)14-8-7-12(10-16-14)11-5-4-6-13(9-11)18-2/h4-10,14H,3H2,1-2H3;4-10,15,17H,3H2,1-2H3. The summed E-state index contributed by atoms with van der Waals surface area (Å²) in [7, 11) is 3.33. The molecule has 0 amide bonds. The number of pyridine rings is 2. The monoisotopic (exact) mass is 548 g/mol. The third-order valence-electron chi connectivity index (χ3n) is 5.79. The van der Waals surface area contributed by atoms with Crippen molar-refractivity contribution in [2.45, 2.75) is 37.6 Å². The molecule has 0 aliphatic heterocycles. The number of ether oxygens (including phenoxy) is 2. The number of hydrogen-bond acceptors (Lipinski definition) is 5. The van der Waals surface area contributed by atoms with Gasteiger partial charge in [-0.05, 0) is 60.4 Å². The SMILES string of the molecule is CCC(Br)c1ccc(-c2cccc(OC)c2)cn1.CCC(O)c1ccc(-c2cccc(OC)c2)cn1. The van der Waals surface area contributed by atoms with Crippen molar-refractivity contribution in [3.63, 3.8) is 0 Å². The lowest BCUT2D eigenvalue weighted by atomic mass is 10.1. The maximum absolute atomic E-state index is 9.69. The van der Waals surface area contributed by atoms with Crippen LogP contribution in [0.5, 0.6) is 11.5 Å². The second-order valence-electron chi connectivity index (χ2n) is 8.21. The summed E-state index contributed by atoms with van der Waals surface area (Å²) in [6, 6.07) is 23.8. The molecule has 2 unspecified atom stereocenters. The third-order valence-corrected chi connectivity index (χ3v) is 6.90. The number of aliphatic hydroxyl groups excluding tert-OH is 1. The molecular weight excluding hydrogens is 516 g/mol. The summed E-state index contributed by atoms with van der Waals surface area (Å²) in [4.78, 5) is 9.11. The largest absolute Gasteiger partial charge is 0.497 e. The van der Waals surface area contributed by atoms with Crippen molar-refractivity contribution in [2.75, 3.05) is 14.2 Å². The Morgan fingerprint density at radius 3 is 1.58 bits per heavy atom. The van der Waals surface area contributed by atoms with Gasteiger partial charge in [-0.3, -0.25) is 9.97 Å². The van der Waals surface area contributed by atoms with Crippen LogP contribution in [0.3, 0.4) is 0 Å². The summed E-state index contributed by atoms with van der Waals surface area (Å²) in [5.41, 5.74) is 6.08. The number of rotatable bonds is 8. The molecule has 0 spiro atoms. The van der Waals surface area contributed by atoms with E-state index in [9.17, 15) is 5.11 Å². The van der Waals surface area contributed by atoms with E-state index in [-0.39, 0.29) is 0 Å². The molecule has 5 nitrogen and oxygen atoms in total. The van der Waals surface area contributed by atoms with Gasteiger partial charge >= 0.3 is 0 Å². The molecule has 4 rings (SSSR count). The number of nitrogens with zero attached hydrogens (tertiary/aromatic N) is 2. The van der Waals surface area contributed by atoms with Gasteiger partial charge in [-0.25, -0.2) is 0 Å². The molecule has 0 fully saturated rings. The van der Waals surface area contributed by atoms with E-state index in [0.29, 0.717) is 16.9 Å². The van der Waals surface area contributed by atoms with Crippen LogP contribution in [0.2, 0.25) is 0 Å². The van der Waals surface area contributed by atoms with Gasteiger partial charge in [-0.2, -0.15) is 0 Å². The number of aliphatic hydroxyl groups is 1. The lowest BCUT2D eigenvalue weighted by Crippen LogP contribution is -1.98. The zero-order valence-corrected chi connectivity index (χ0v) is 22.8. The Hall–Kier alpha value is -3.22. The summed E-state index contributed by atoms with van der Waals surface area (Å²) in [5.74, 6) is 1.69. The maximum atomic E-state index is 9.69. The summed E-state index contributed by atoms with van der Waals surface area (Å²) >= 11 is 3.61. The molecule has 0 aliphatic carbocycles. The van der Waals surface area contributed by atoms with Crippen LogP contribution >= 0.6 is 15.9 Å². The minimum absolute atomic E-state index is 0.330. The molecule has 188 valence electrons. The van der Waals surface area contributed by atoms with Crippen molar-refractivity contribution in [3.8, 4) is 33.8 Å². The molecule has 0 saturated heterocycles. The van der Waals surface area contributed by atoms with E-state index in [4.69, 9.17) is 9.47 Å². The highest BCUT2D eigenvalue weighted by molar-refractivity contribution is 9.09. The average Bonchev–Trinajstić information content (AvgIpc) is 2.96. The molecule has 0 aliphatic rings. The number of methoxy groups -OCH3 is 2. The molecule has 0 radical (unpaired) electrons. The van der Waals surface area contributed by atoms with Crippen LogP contribution in [0, 0.1) is 0 Å². The van der Waals surface area contributed by atoms with Crippen LogP contribution in [-0.2, 0) is 0 Å². The van der Waals surface area contributed by atoms with E-state index in [0.717, 1.165) is 45.9 Å². The van der Waals surface area contributed by atoms with Crippen molar-refractivity contribution in [3.05, 3.63) is 96.6 Å². The van der Waals surface area contributed by atoms with E-state index in [2.05, 4.69) is 51.0 Å². The number of halogens is 1. The van der Waals surface area contributed by atoms with Gasteiger partial charge in [0.2, 0.25) is 0 Å². The average molecular weight is 550 g/mol. The number of hydrogen-bond donors (Lipinski definition) is 1. The minimum Gasteiger partial charge on any atom is -0.497 e. The number of aromatic nitrogens is 2. The Kier molecular flexibility index (Phi) is 10.5. The Morgan fingerprint density at radius 2 is 1.19 bits per heavy atom. The molecule has 4 aromatic rings. The highest BCUT2D eigenvalue weighted by atomic mass is 79.9. The molecule has 2 aromatic carbocycles. The Balaban J connectivity index is 0.000000201. The van der Waals surface area contributed by atoms with Crippen molar-refractivity contribution >= 4 is 15.9 Å². The van der Waals surface area contributed by atoms with Gasteiger partial charge in [0.15, 0.2) is 0 Å². The Labute approximate surface area is 222 Å². The smallest absolute Gasteiger partial charge is 0.119 e. The van der Waals surface area contributed by atoms with Gasteiger partial charge in [0.1, 0.15) is 11.5 Å². The summed E-state index contributed by atoms with van der Waals surface area (Å²) in [6.07, 6.45) is 4.91. The fourth-order valence-corrected chi connectivity index (χ4v) is 3.83. The number of benzene rings is 2. The predicted molar refractivity (Wildman–Crippen MR) is 150 cm³/mol. The van der Waals surface area contributed by atoms with Crippen LogP contribution < -0.4 is 9.47 Å². The first-order valence-corrected chi connectivity index (χ1v) is 12.9. The highest BCUT2D eigenvalue weighted by Gasteiger charge is 2.08. The highest BCUT2D eigenvalue weighted by Crippen LogP contribution is 2.28. The lowest BCUT2D eigenvalue weighted by Gasteiger charge is -2.08. The van der Waals surface area contributed by atoms with Gasteiger partial charge in [-0.15, -0.1) is 0 Å². The fourth-order valence-electron chi connectivity index (χ4n) is 3.56. The van der Waals surface area contributed by atoms with Crippen molar-refractivity contribution in [2.24, 2.45) is 0 Å². The minimum atomic E-state index is -0.482. The van der Waals surface area contributed by atoms with Crippen LogP contribution in [0.25, 0.3) is 22.3 Å². The van der Waals surface area contributed by atoms with E-state index in [1.807, 2.05) is 67.7 Å². The Bertz CT molecular complexity index is 1120. The van der Waals surface area contributed by atoms with Gasteiger partial charge in [0.05, 0.1) is 36.5 Å². The first kappa shape index (κ1) is 27.4. The summed E-state index contributed by atoms with van der Waals surface area (Å²) in [6.45, 7) is 4.07. The lowest BCUT2D eigenvalue weighted by molar-refractivity contribution is 0.169. The molecular formula is C30H33BrN2O3. The molecule has 2 atom stereocenters. The third kappa shape index (κ3) is 7.39. The Morgan fingerprint density at radius 1 is 0.694 bits per heavy atom. The molecule has 2 aromatic heterocycles. The van der Waals surface area contributed by atoms with Crippen LogP contribution in [0.1, 0.15) is 49.0 Å².